The molecule has 2 heterocycles. The van der Waals surface area contributed by atoms with Gasteiger partial charge in [-0.1, -0.05) is 31.5 Å². The summed E-state index contributed by atoms with van der Waals surface area (Å²) in [6, 6.07) is 12.7. The van der Waals surface area contributed by atoms with Gasteiger partial charge in [0.1, 0.15) is 5.75 Å². The van der Waals surface area contributed by atoms with E-state index < -0.39 is 29.5 Å². The van der Waals surface area contributed by atoms with Gasteiger partial charge in [0, 0.05) is 40.1 Å². The summed E-state index contributed by atoms with van der Waals surface area (Å²) >= 11 is 6.24. The van der Waals surface area contributed by atoms with Gasteiger partial charge in [0.05, 0.1) is 12.8 Å². The Labute approximate surface area is 209 Å². The van der Waals surface area contributed by atoms with Crippen molar-refractivity contribution >= 4 is 17.3 Å². The molecule has 1 aromatic heterocycles. The normalized spacial score (nSPS) is 26.1. The second-order valence-electron chi connectivity index (χ2n) is 9.92. The number of hydrogen-bond acceptors (Lipinski definition) is 5. The summed E-state index contributed by atoms with van der Waals surface area (Å²) in [5, 5.41) is 30.4. The molecule has 0 bridgehead atoms. The Morgan fingerprint density at radius 3 is 2.40 bits per heavy atom. The fourth-order valence-electron chi connectivity index (χ4n) is 5.58. The quantitative estimate of drug-likeness (QED) is 0.602. The van der Waals surface area contributed by atoms with Crippen LogP contribution in [0.4, 0.5) is 5.69 Å². The largest absolute Gasteiger partial charge is 0.851 e. The predicted molar refractivity (Wildman–Crippen MR) is 132 cm³/mol. The van der Waals surface area contributed by atoms with E-state index >= 15 is 0 Å². The van der Waals surface area contributed by atoms with E-state index in [1.54, 1.807) is 38.3 Å². The molecule has 2 aromatic carbocycles. The molecule has 2 atom stereocenters. The Morgan fingerprint density at radius 1 is 1.11 bits per heavy atom. The number of likely N-dealkylation sites (N-methyl/N-ethyl adjacent to an activating group) is 1. The number of hydrogen-bond donors (Lipinski definition) is 1. The first kappa shape index (κ1) is 23.7. The summed E-state index contributed by atoms with van der Waals surface area (Å²) in [4.78, 5) is 15.3. The van der Waals surface area contributed by atoms with Gasteiger partial charge in [-0.15, -0.1) is 12.2 Å². The SMILES string of the molecule is COc1ccc(-n2[nH]c(C)c(C3C([O-])C(C=C4N(C)c5ccc(Cl)cc5C4(C)C)C3[O-])c2=O)cc1. The number of aromatic nitrogens is 2. The molecule has 1 saturated carbocycles. The van der Waals surface area contributed by atoms with E-state index in [9.17, 15) is 15.0 Å². The highest BCUT2D eigenvalue weighted by molar-refractivity contribution is 6.30. The number of aromatic amines is 1. The number of H-pyrrole nitrogens is 1. The topological polar surface area (TPSA) is 96.4 Å². The zero-order valence-corrected chi connectivity index (χ0v) is 21.1. The van der Waals surface area contributed by atoms with Crippen LogP contribution in [0.2, 0.25) is 5.02 Å². The molecular formula is C27H28ClN3O4-2. The van der Waals surface area contributed by atoms with Crippen molar-refractivity contribution in [2.24, 2.45) is 5.92 Å². The van der Waals surface area contributed by atoms with Crippen molar-refractivity contribution < 1.29 is 14.9 Å². The molecule has 184 valence electrons. The molecule has 3 aromatic rings. The Hall–Kier alpha value is -3.00. The molecule has 7 nitrogen and oxygen atoms in total. The number of fused-ring (bicyclic) bond motifs is 1. The number of nitrogens with zero attached hydrogens (tertiary/aromatic N) is 2. The van der Waals surface area contributed by atoms with E-state index in [2.05, 4.69) is 18.9 Å². The van der Waals surface area contributed by atoms with Crippen molar-refractivity contribution in [2.75, 3.05) is 19.1 Å². The predicted octanol–water partition coefficient (Wildman–Crippen LogP) is 2.62. The number of halogens is 1. The van der Waals surface area contributed by atoms with E-state index in [-0.39, 0.29) is 11.1 Å². The minimum absolute atomic E-state index is 0.282. The van der Waals surface area contributed by atoms with Gasteiger partial charge >= 0.3 is 0 Å². The van der Waals surface area contributed by atoms with Crippen LogP contribution < -0.4 is 25.4 Å². The van der Waals surface area contributed by atoms with Crippen LogP contribution in [0.5, 0.6) is 5.75 Å². The molecular weight excluding hydrogens is 466 g/mol. The first-order valence-corrected chi connectivity index (χ1v) is 12.0. The Bertz CT molecular complexity index is 1360. The maximum absolute atomic E-state index is 13.4. The summed E-state index contributed by atoms with van der Waals surface area (Å²) in [6.07, 6.45) is -0.579. The number of nitrogens with one attached hydrogen (secondary N) is 1. The fraction of sp³-hybridized carbons (Fsp3) is 0.370. The third-order valence-corrected chi connectivity index (χ3v) is 7.83. The molecule has 1 fully saturated rings. The molecule has 8 heteroatoms. The molecule has 35 heavy (non-hydrogen) atoms. The number of rotatable bonds is 4. The van der Waals surface area contributed by atoms with E-state index in [4.69, 9.17) is 16.3 Å². The Kier molecular flexibility index (Phi) is 5.62. The number of ether oxygens (including phenoxy) is 1. The highest BCUT2D eigenvalue weighted by Crippen LogP contribution is 2.50. The number of benzene rings is 2. The first-order valence-electron chi connectivity index (χ1n) is 11.6. The zero-order chi connectivity index (χ0) is 25.2. The molecule has 2 aliphatic rings. The smallest absolute Gasteiger partial charge is 0.274 e. The van der Waals surface area contributed by atoms with Crippen molar-refractivity contribution in [3.63, 3.8) is 0 Å². The second kappa shape index (κ2) is 8.29. The van der Waals surface area contributed by atoms with Crippen molar-refractivity contribution in [3.05, 3.63) is 86.4 Å². The highest BCUT2D eigenvalue weighted by Gasteiger charge is 2.43. The fourth-order valence-corrected chi connectivity index (χ4v) is 5.75. The molecule has 5 rings (SSSR count). The van der Waals surface area contributed by atoms with Crippen LogP contribution in [-0.2, 0) is 5.41 Å². The molecule has 0 radical (unpaired) electrons. The van der Waals surface area contributed by atoms with Crippen LogP contribution in [-0.4, -0.2) is 36.1 Å². The van der Waals surface area contributed by atoms with Crippen molar-refractivity contribution in [1.82, 2.24) is 9.78 Å². The lowest BCUT2D eigenvalue weighted by atomic mass is 9.65. The van der Waals surface area contributed by atoms with Gasteiger partial charge in [-0.2, -0.15) is 0 Å². The maximum Gasteiger partial charge on any atom is 0.274 e. The summed E-state index contributed by atoms with van der Waals surface area (Å²) in [7, 11) is 3.51. The average molecular weight is 494 g/mol. The lowest BCUT2D eigenvalue weighted by molar-refractivity contribution is -0.543. The van der Waals surface area contributed by atoms with Crippen LogP contribution >= 0.6 is 11.6 Å². The van der Waals surface area contributed by atoms with E-state index in [0.717, 1.165) is 16.9 Å². The van der Waals surface area contributed by atoms with E-state index in [1.807, 2.05) is 36.2 Å². The van der Waals surface area contributed by atoms with Gasteiger partial charge in [-0.05, 0) is 66.8 Å². The lowest BCUT2D eigenvalue weighted by Gasteiger charge is -2.60. The van der Waals surface area contributed by atoms with Gasteiger partial charge < -0.3 is 19.8 Å². The minimum Gasteiger partial charge on any atom is -0.851 e. The van der Waals surface area contributed by atoms with Gasteiger partial charge in [0.15, 0.2) is 0 Å². The minimum atomic E-state index is -1.20. The molecule has 2 unspecified atom stereocenters. The lowest BCUT2D eigenvalue weighted by Crippen LogP contribution is -2.65. The van der Waals surface area contributed by atoms with Crippen LogP contribution in [0.25, 0.3) is 5.69 Å². The van der Waals surface area contributed by atoms with E-state index in [0.29, 0.717) is 22.2 Å². The highest BCUT2D eigenvalue weighted by atomic mass is 35.5. The van der Waals surface area contributed by atoms with Crippen molar-refractivity contribution in [3.8, 4) is 11.4 Å². The molecule has 0 spiro atoms. The molecule has 1 aliphatic heterocycles. The standard InChI is InChI=1S/C27H28ClN3O4/c1-14-22(26(34)31(29-14)16-7-9-17(35-5)10-8-16)23-24(32)18(25(23)33)13-21-27(2,3)19-12-15(28)6-11-20(19)30(21)4/h6-13,18,23-25,29H,1-5H3/q-2. The summed E-state index contributed by atoms with van der Waals surface area (Å²) in [5.74, 6) is -0.944. The zero-order valence-electron chi connectivity index (χ0n) is 20.3. The number of anilines is 1. The van der Waals surface area contributed by atoms with Gasteiger partial charge in [0.25, 0.3) is 5.56 Å². The summed E-state index contributed by atoms with van der Waals surface area (Å²) in [5.41, 5.74) is 3.66. The third kappa shape index (κ3) is 3.53. The summed E-state index contributed by atoms with van der Waals surface area (Å²) in [6.45, 7) is 5.87. The van der Waals surface area contributed by atoms with Gasteiger partial charge in [0.2, 0.25) is 0 Å². The maximum atomic E-state index is 13.4. The van der Waals surface area contributed by atoms with Gasteiger partial charge in [-0.25, -0.2) is 4.68 Å². The average Bonchev–Trinajstić information content (AvgIpc) is 3.22. The summed E-state index contributed by atoms with van der Waals surface area (Å²) < 4.78 is 6.55. The Balaban J connectivity index is 1.45. The van der Waals surface area contributed by atoms with Crippen LogP contribution in [0.15, 0.2) is 59.0 Å². The monoisotopic (exact) mass is 493 g/mol. The number of aryl methyl sites for hydroxylation is 1. The molecule has 0 saturated heterocycles. The first-order chi connectivity index (χ1) is 16.6. The molecule has 0 amide bonds. The third-order valence-electron chi connectivity index (χ3n) is 7.59. The number of methoxy groups -OCH3 is 1. The second-order valence-corrected chi connectivity index (χ2v) is 10.4. The number of allylic oxidation sites excluding steroid dienone is 1. The van der Waals surface area contributed by atoms with Crippen molar-refractivity contribution in [2.45, 2.75) is 44.3 Å². The van der Waals surface area contributed by atoms with E-state index in [1.165, 1.54) is 4.68 Å². The molecule has 1 aliphatic carbocycles. The van der Waals surface area contributed by atoms with Crippen LogP contribution in [0.1, 0.15) is 36.6 Å². The van der Waals surface area contributed by atoms with Crippen LogP contribution in [0.3, 0.4) is 0 Å². The van der Waals surface area contributed by atoms with Crippen LogP contribution in [0, 0.1) is 12.8 Å². The molecule has 1 N–H and O–H groups in total. The van der Waals surface area contributed by atoms with Crippen molar-refractivity contribution in [1.29, 1.82) is 0 Å². The Morgan fingerprint density at radius 2 is 1.77 bits per heavy atom. The van der Waals surface area contributed by atoms with Gasteiger partial charge in [-0.3, -0.25) is 9.89 Å².